The lowest BCUT2D eigenvalue weighted by Crippen LogP contribution is -2.39. The van der Waals surface area contributed by atoms with Crippen LogP contribution in [0.5, 0.6) is 5.75 Å². The van der Waals surface area contributed by atoms with Crippen LogP contribution in [0.1, 0.15) is 37.9 Å². The first-order valence-corrected chi connectivity index (χ1v) is 13.9. The molecule has 9 heteroatoms. The number of nitrogens with zero attached hydrogens (tertiary/aromatic N) is 5. The second kappa shape index (κ2) is 10.3. The number of aryl methyl sites for hydroxylation is 1. The predicted molar refractivity (Wildman–Crippen MR) is 141 cm³/mol. The first-order valence-electron chi connectivity index (χ1n) is 12.4. The van der Waals surface area contributed by atoms with Gasteiger partial charge in [-0.1, -0.05) is 25.1 Å². The molecule has 1 fully saturated rings. The molecule has 4 heterocycles. The molecule has 1 aromatic carbocycles. The maximum absolute atomic E-state index is 13.4. The fourth-order valence-corrected chi connectivity index (χ4v) is 6.01. The molecule has 1 atom stereocenters. The lowest BCUT2D eigenvalue weighted by Gasteiger charge is -2.32. The van der Waals surface area contributed by atoms with Crippen LogP contribution in [0.25, 0.3) is 10.9 Å². The molecule has 1 aliphatic rings. The van der Waals surface area contributed by atoms with Gasteiger partial charge in [-0.25, -0.2) is 22.4 Å². The fourth-order valence-electron chi connectivity index (χ4n) is 4.58. The number of ether oxygens (including phenoxy) is 1. The molecule has 0 spiro atoms. The number of hydrogen-bond donors (Lipinski definition) is 0. The van der Waals surface area contributed by atoms with Gasteiger partial charge < -0.3 is 9.64 Å². The van der Waals surface area contributed by atoms with Crippen LogP contribution >= 0.6 is 0 Å². The lowest BCUT2D eigenvalue weighted by molar-refractivity contribution is 0.168. The summed E-state index contributed by atoms with van der Waals surface area (Å²) >= 11 is 0. The molecule has 1 unspecified atom stereocenters. The van der Waals surface area contributed by atoms with Gasteiger partial charge in [0.05, 0.1) is 16.5 Å². The Balaban J connectivity index is 1.25. The SMILES string of the molecule is CCc1cnc(N2CCC(Oc3cccnc3CC(C)S(=O)(=O)n3ccc4ccccc43)CC2)nc1. The summed E-state index contributed by atoms with van der Waals surface area (Å²) in [6.45, 7) is 5.42. The van der Waals surface area contributed by atoms with Gasteiger partial charge in [0.2, 0.25) is 16.0 Å². The second-order valence-electron chi connectivity index (χ2n) is 9.23. The van der Waals surface area contributed by atoms with Crippen LogP contribution in [0.4, 0.5) is 5.95 Å². The van der Waals surface area contributed by atoms with Gasteiger partial charge in [-0.3, -0.25) is 4.98 Å². The van der Waals surface area contributed by atoms with E-state index >= 15 is 0 Å². The number of benzene rings is 1. The Kier molecular flexibility index (Phi) is 6.91. The van der Waals surface area contributed by atoms with Crippen LogP contribution in [-0.4, -0.2) is 51.8 Å². The zero-order valence-electron chi connectivity index (χ0n) is 20.6. The summed E-state index contributed by atoms with van der Waals surface area (Å²) < 4.78 is 34.5. The molecule has 36 heavy (non-hydrogen) atoms. The number of aromatic nitrogens is 4. The average molecular weight is 506 g/mol. The highest BCUT2D eigenvalue weighted by Gasteiger charge is 2.27. The maximum atomic E-state index is 13.4. The number of rotatable bonds is 8. The summed E-state index contributed by atoms with van der Waals surface area (Å²) in [6, 6.07) is 13.0. The van der Waals surface area contributed by atoms with Gasteiger partial charge in [-0.2, -0.15) is 0 Å². The van der Waals surface area contributed by atoms with Gasteiger partial charge in [0.1, 0.15) is 11.9 Å². The highest BCUT2D eigenvalue weighted by Crippen LogP contribution is 2.26. The Bertz CT molecular complexity index is 1430. The number of fused-ring (bicyclic) bond motifs is 1. The third-order valence-electron chi connectivity index (χ3n) is 6.79. The van der Waals surface area contributed by atoms with Crippen molar-refractivity contribution in [3.8, 4) is 5.75 Å². The Labute approximate surface area is 212 Å². The van der Waals surface area contributed by atoms with E-state index in [0.29, 0.717) is 17.0 Å². The number of piperidine rings is 1. The summed E-state index contributed by atoms with van der Waals surface area (Å²) in [4.78, 5) is 15.7. The highest BCUT2D eigenvalue weighted by atomic mass is 32.2. The first-order chi connectivity index (χ1) is 17.5. The minimum Gasteiger partial charge on any atom is -0.488 e. The molecule has 0 N–H and O–H groups in total. The van der Waals surface area contributed by atoms with Crippen molar-refractivity contribution in [2.75, 3.05) is 18.0 Å². The van der Waals surface area contributed by atoms with E-state index in [-0.39, 0.29) is 12.5 Å². The van der Waals surface area contributed by atoms with Crippen LogP contribution in [0.15, 0.2) is 67.3 Å². The van der Waals surface area contributed by atoms with Gasteiger partial charge in [-0.15, -0.1) is 0 Å². The van der Waals surface area contributed by atoms with Crippen LogP contribution in [0.2, 0.25) is 0 Å². The topological polar surface area (TPSA) is 90.2 Å². The molecule has 0 saturated carbocycles. The van der Waals surface area contributed by atoms with Crippen molar-refractivity contribution in [3.63, 3.8) is 0 Å². The van der Waals surface area contributed by atoms with E-state index in [4.69, 9.17) is 4.74 Å². The predicted octanol–water partition coefficient (Wildman–Crippen LogP) is 4.25. The zero-order valence-corrected chi connectivity index (χ0v) is 21.4. The highest BCUT2D eigenvalue weighted by molar-refractivity contribution is 7.90. The van der Waals surface area contributed by atoms with Crippen molar-refractivity contribution in [2.45, 2.75) is 50.9 Å². The molecular weight excluding hydrogens is 474 g/mol. The van der Waals surface area contributed by atoms with Gasteiger partial charge in [0.25, 0.3) is 0 Å². The molecule has 4 aromatic rings. The van der Waals surface area contributed by atoms with Crippen molar-refractivity contribution in [3.05, 3.63) is 78.5 Å². The van der Waals surface area contributed by atoms with Crippen LogP contribution in [0, 0.1) is 0 Å². The van der Waals surface area contributed by atoms with E-state index in [1.54, 1.807) is 19.3 Å². The molecular formula is C27H31N5O3S. The second-order valence-corrected chi connectivity index (χ2v) is 11.5. The van der Waals surface area contributed by atoms with Gasteiger partial charge in [0.15, 0.2) is 0 Å². The van der Waals surface area contributed by atoms with Gasteiger partial charge >= 0.3 is 0 Å². The molecule has 1 saturated heterocycles. The first kappa shape index (κ1) is 24.2. The average Bonchev–Trinajstić information content (AvgIpc) is 3.35. The van der Waals surface area contributed by atoms with Crippen molar-refractivity contribution in [2.24, 2.45) is 0 Å². The number of pyridine rings is 1. The number of para-hydroxylation sites is 1. The van der Waals surface area contributed by atoms with Crippen molar-refractivity contribution >= 4 is 26.9 Å². The third-order valence-corrected chi connectivity index (χ3v) is 8.84. The molecule has 0 amide bonds. The van der Waals surface area contributed by atoms with Crippen LogP contribution in [0.3, 0.4) is 0 Å². The summed E-state index contributed by atoms with van der Waals surface area (Å²) in [6.07, 6.45) is 9.96. The summed E-state index contributed by atoms with van der Waals surface area (Å²) in [5.74, 6) is 1.41. The summed E-state index contributed by atoms with van der Waals surface area (Å²) in [5.41, 5.74) is 2.47. The van der Waals surface area contributed by atoms with E-state index < -0.39 is 15.3 Å². The van der Waals surface area contributed by atoms with Gasteiger partial charge in [-0.05, 0) is 43.2 Å². The van der Waals surface area contributed by atoms with Crippen LogP contribution < -0.4 is 9.64 Å². The maximum Gasteiger partial charge on any atom is 0.241 e. The van der Waals surface area contributed by atoms with E-state index in [1.165, 1.54) is 3.97 Å². The largest absolute Gasteiger partial charge is 0.488 e. The van der Waals surface area contributed by atoms with Crippen molar-refractivity contribution in [1.82, 2.24) is 18.9 Å². The molecule has 5 rings (SSSR count). The standard InChI is InChI=1S/C27H31N5O3S/c1-3-21-18-29-27(30-19-21)31-14-11-23(12-15-31)35-26-9-6-13-28-24(26)17-20(2)36(33,34)32-16-10-22-7-4-5-8-25(22)32/h4-10,13,16,18-20,23H,3,11-12,14-15,17H2,1-2H3. The quantitative estimate of drug-likeness (QED) is 0.354. The molecule has 1 aliphatic heterocycles. The summed E-state index contributed by atoms with van der Waals surface area (Å²) in [7, 11) is -3.61. The molecule has 0 bridgehead atoms. The Morgan fingerprint density at radius 2 is 1.78 bits per heavy atom. The normalized spacial score (nSPS) is 15.8. The summed E-state index contributed by atoms with van der Waals surface area (Å²) in [5, 5.41) is 0.226. The van der Waals surface area contributed by atoms with E-state index in [0.717, 1.165) is 49.2 Å². The molecule has 3 aromatic heterocycles. The van der Waals surface area contributed by atoms with Gasteiger partial charge in [0, 0.05) is 62.5 Å². The minimum atomic E-state index is -3.61. The Morgan fingerprint density at radius 1 is 1.03 bits per heavy atom. The zero-order chi connectivity index (χ0) is 25.1. The lowest BCUT2D eigenvalue weighted by atomic mass is 10.1. The number of hydrogen-bond acceptors (Lipinski definition) is 7. The van der Waals surface area contributed by atoms with E-state index in [2.05, 4.69) is 26.8 Å². The molecule has 8 nitrogen and oxygen atoms in total. The fraction of sp³-hybridized carbons (Fsp3) is 0.370. The Morgan fingerprint density at radius 3 is 2.53 bits per heavy atom. The van der Waals surface area contributed by atoms with Crippen LogP contribution in [-0.2, 0) is 22.9 Å². The van der Waals surface area contributed by atoms with E-state index in [9.17, 15) is 8.42 Å². The number of anilines is 1. The minimum absolute atomic E-state index is 0.0272. The molecule has 0 radical (unpaired) electrons. The van der Waals surface area contributed by atoms with E-state index in [1.807, 2.05) is 54.9 Å². The smallest absolute Gasteiger partial charge is 0.241 e. The van der Waals surface area contributed by atoms with Crippen molar-refractivity contribution in [1.29, 1.82) is 0 Å². The monoisotopic (exact) mass is 505 g/mol. The molecule has 188 valence electrons. The molecule has 0 aliphatic carbocycles. The Hall–Kier alpha value is -3.46. The third kappa shape index (κ3) is 4.93. The van der Waals surface area contributed by atoms with Crippen molar-refractivity contribution < 1.29 is 13.2 Å².